The normalized spacial score (nSPS) is 11.9. The molecule has 0 saturated carbocycles. The van der Waals surface area contributed by atoms with Gasteiger partial charge in [0.1, 0.15) is 0 Å². The van der Waals surface area contributed by atoms with Crippen molar-refractivity contribution < 1.29 is 9.90 Å². The highest BCUT2D eigenvalue weighted by atomic mass is 16.3. The molecule has 0 saturated heterocycles. The second kappa shape index (κ2) is 7.63. The number of amides is 1. The number of rotatable bonds is 8. The monoisotopic (exact) mass is 230 g/mol. The zero-order valence-electron chi connectivity index (χ0n) is 11.0. The largest absolute Gasteiger partial charge is 0.381 e. The number of hydrogen-bond acceptors (Lipinski definition) is 3. The van der Waals surface area contributed by atoms with Crippen LogP contribution in [0.1, 0.15) is 40.0 Å². The number of hydrogen-bond donors (Lipinski definition) is 2. The summed E-state index contributed by atoms with van der Waals surface area (Å²) in [5, 5.41) is 11.9. The maximum absolute atomic E-state index is 11.9. The quantitative estimate of drug-likeness (QED) is 0.486. The van der Waals surface area contributed by atoms with Crippen LogP contribution in [0.2, 0.25) is 0 Å². The SMILES string of the molecule is CCCCCNC(=O)C(C)(C)CN(C)CO. The van der Waals surface area contributed by atoms with Crippen molar-refractivity contribution in [1.82, 2.24) is 10.2 Å². The molecule has 0 atom stereocenters. The maximum Gasteiger partial charge on any atom is 0.226 e. The highest BCUT2D eigenvalue weighted by Crippen LogP contribution is 2.16. The van der Waals surface area contributed by atoms with Crippen LogP contribution < -0.4 is 5.32 Å². The van der Waals surface area contributed by atoms with Crippen LogP contribution in [0.15, 0.2) is 0 Å². The average Bonchev–Trinajstić information content (AvgIpc) is 2.23. The van der Waals surface area contributed by atoms with E-state index < -0.39 is 5.41 Å². The number of nitrogens with zero attached hydrogens (tertiary/aromatic N) is 1. The van der Waals surface area contributed by atoms with Crippen molar-refractivity contribution in [2.24, 2.45) is 5.41 Å². The van der Waals surface area contributed by atoms with Crippen LogP contribution >= 0.6 is 0 Å². The van der Waals surface area contributed by atoms with Crippen molar-refractivity contribution in [3.05, 3.63) is 0 Å². The highest BCUT2D eigenvalue weighted by molar-refractivity contribution is 5.82. The highest BCUT2D eigenvalue weighted by Gasteiger charge is 2.28. The van der Waals surface area contributed by atoms with E-state index in [4.69, 9.17) is 5.11 Å². The van der Waals surface area contributed by atoms with Gasteiger partial charge in [0.05, 0.1) is 12.1 Å². The van der Waals surface area contributed by atoms with Gasteiger partial charge < -0.3 is 10.4 Å². The lowest BCUT2D eigenvalue weighted by atomic mass is 9.91. The minimum atomic E-state index is -0.455. The second-order valence-electron chi connectivity index (χ2n) is 5.00. The topological polar surface area (TPSA) is 52.6 Å². The summed E-state index contributed by atoms with van der Waals surface area (Å²) in [5.74, 6) is 0.0592. The molecule has 4 nitrogen and oxygen atoms in total. The number of aliphatic hydroxyl groups is 1. The molecule has 0 aromatic carbocycles. The van der Waals surface area contributed by atoms with Crippen LogP contribution in [0, 0.1) is 5.41 Å². The van der Waals surface area contributed by atoms with Gasteiger partial charge in [-0.3, -0.25) is 9.69 Å². The van der Waals surface area contributed by atoms with E-state index in [0.717, 1.165) is 25.8 Å². The first-order chi connectivity index (χ1) is 7.44. The third-order valence-electron chi connectivity index (χ3n) is 2.59. The number of aliphatic hydroxyl groups excluding tert-OH is 1. The predicted molar refractivity (Wildman–Crippen MR) is 66.0 cm³/mol. The Balaban J connectivity index is 3.94. The standard InChI is InChI=1S/C12H26N2O2/c1-5-6-7-8-13-11(16)12(2,3)9-14(4)10-15/h15H,5-10H2,1-4H3,(H,13,16). The van der Waals surface area contributed by atoms with Crippen LogP contribution in [0.25, 0.3) is 0 Å². The van der Waals surface area contributed by atoms with E-state index in [9.17, 15) is 4.79 Å². The summed E-state index contributed by atoms with van der Waals surface area (Å²) in [5.41, 5.74) is -0.455. The lowest BCUT2D eigenvalue weighted by molar-refractivity contribution is -0.130. The molecule has 96 valence electrons. The van der Waals surface area contributed by atoms with Gasteiger partial charge in [0, 0.05) is 13.1 Å². The smallest absolute Gasteiger partial charge is 0.226 e. The van der Waals surface area contributed by atoms with Crippen molar-refractivity contribution in [3.8, 4) is 0 Å². The number of carbonyl (C=O) groups excluding carboxylic acids is 1. The summed E-state index contributed by atoms with van der Waals surface area (Å²) in [6.07, 6.45) is 3.35. The van der Waals surface area contributed by atoms with E-state index in [1.54, 1.807) is 11.9 Å². The fraction of sp³-hybridized carbons (Fsp3) is 0.917. The Labute approximate surface area is 99.0 Å². The van der Waals surface area contributed by atoms with E-state index in [1.165, 1.54) is 0 Å². The lowest BCUT2D eigenvalue weighted by Crippen LogP contribution is -2.44. The molecule has 0 radical (unpaired) electrons. The molecular weight excluding hydrogens is 204 g/mol. The van der Waals surface area contributed by atoms with Crippen LogP contribution in [0.5, 0.6) is 0 Å². The summed E-state index contributed by atoms with van der Waals surface area (Å²) in [6.45, 7) is 7.22. The Morgan fingerprint density at radius 1 is 1.38 bits per heavy atom. The summed E-state index contributed by atoms with van der Waals surface area (Å²) in [7, 11) is 1.80. The summed E-state index contributed by atoms with van der Waals surface area (Å²) in [4.78, 5) is 13.6. The van der Waals surface area contributed by atoms with Gasteiger partial charge in [0.2, 0.25) is 5.91 Å². The molecule has 0 spiro atoms. The summed E-state index contributed by atoms with van der Waals surface area (Å²) < 4.78 is 0. The number of unbranched alkanes of at least 4 members (excludes halogenated alkanes) is 2. The van der Waals surface area contributed by atoms with Gasteiger partial charge in [0.25, 0.3) is 0 Å². The van der Waals surface area contributed by atoms with Crippen LogP contribution in [0.4, 0.5) is 0 Å². The van der Waals surface area contributed by atoms with E-state index in [-0.39, 0.29) is 12.6 Å². The minimum absolute atomic E-state index is 0.0213. The zero-order chi connectivity index (χ0) is 12.6. The summed E-state index contributed by atoms with van der Waals surface area (Å²) in [6, 6.07) is 0. The van der Waals surface area contributed by atoms with Gasteiger partial charge in [-0.15, -0.1) is 0 Å². The first-order valence-corrected chi connectivity index (χ1v) is 6.01. The Kier molecular flexibility index (Phi) is 7.34. The molecule has 0 bridgehead atoms. The Bertz CT molecular complexity index is 205. The molecule has 0 aliphatic heterocycles. The van der Waals surface area contributed by atoms with Crippen molar-refractivity contribution >= 4 is 5.91 Å². The van der Waals surface area contributed by atoms with Gasteiger partial charge in [0.15, 0.2) is 0 Å². The lowest BCUT2D eigenvalue weighted by Gasteiger charge is -2.28. The Hall–Kier alpha value is -0.610. The van der Waals surface area contributed by atoms with Gasteiger partial charge in [-0.25, -0.2) is 0 Å². The van der Waals surface area contributed by atoms with Crippen LogP contribution in [-0.2, 0) is 4.79 Å². The van der Waals surface area contributed by atoms with Crippen molar-refractivity contribution in [3.63, 3.8) is 0 Å². The molecule has 0 aliphatic carbocycles. The molecule has 0 heterocycles. The third-order valence-corrected chi connectivity index (χ3v) is 2.59. The third kappa shape index (κ3) is 6.08. The Morgan fingerprint density at radius 3 is 2.50 bits per heavy atom. The molecule has 0 rings (SSSR count). The van der Waals surface area contributed by atoms with Gasteiger partial charge in [-0.05, 0) is 27.3 Å². The van der Waals surface area contributed by atoms with Gasteiger partial charge >= 0.3 is 0 Å². The maximum atomic E-state index is 11.9. The molecular formula is C12H26N2O2. The molecule has 0 fully saturated rings. The number of carbonyl (C=O) groups is 1. The van der Waals surface area contributed by atoms with Crippen LogP contribution in [0.3, 0.4) is 0 Å². The van der Waals surface area contributed by atoms with E-state index >= 15 is 0 Å². The van der Waals surface area contributed by atoms with Crippen molar-refractivity contribution in [1.29, 1.82) is 0 Å². The first kappa shape index (κ1) is 15.4. The fourth-order valence-electron chi connectivity index (χ4n) is 1.61. The van der Waals surface area contributed by atoms with Gasteiger partial charge in [-0.2, -0.15) is 0 Å². The Morgan fingerprint density at radius 2 is 2.00 bits per heavy atom. The second-order valence-corrected chi connectivity index (χ2v) is 5.00. The fourth-order valence-corrected chi connectivity index (χ4v) is 1.61. The molecule has 1 amide bonds. The molecule has 4 heteroatoms. The molecule has 2 N–H and O–H groups in total. The average molecular weight is 230 g/mol. The predicted octanol–water partition coefficient (Wildman–Crippen LogP) is 1.20. The summed E-state index contributed by atoms with van der Waals surface area (Å²) >= 11 is 0. The zero-order valence-corrected chi connectivity index (χ0v) is 11.0. The van der Waals surface area contributed by atoms with E-state index in [2.05, 4.69) is 12.2 Å². The number of nitrogens with one attached hydrogen (secondary N) is 1. The first-order valence-electron chi connectivity index (χ1n) is 6.01. The molecule has 0 unspecified atom stereocenters. The van der Waals surface area contributed by atoms with Crippen molar-refractivity contribution in [2.75, 3.05) is 26.9 Å². The molecule has 16 heavy (non-hydrogen) atoms. The molecule has 0 aromatic rings. The molecule has 0 aliphatic rings. The van der Waals surface area contributed by atoms with Crippen LogP contribution in [-0.4, -0.2) is 42.8 Å². The minimum Gasteiger partial charge on any atom is -0.381 e. The van der Waals surface area contributed by atoms with E-state index in [0.29, 0.717) is 6.54 Å². The molecule has 0 aromatic heterocycles. The van der Waals surface area contributed by atoms with Crippen molar-refractivity contribution in [2.45, 2.75) is 40.0 Å². The van der Waals surface area contributed by atoms with E-state index in [1.807, 2.05) is 13.8 Å². The van der Waals surface area contributed by atoms with Gasteiger partial charge in [-0.1, -0.05) is 19.8 Å².